The van der Waals surface area contributed by atoms with E-state index in [1.165, 1.54) is 0 Å². The lowest BCUT2D eigenvalue weighted by Crippen LogP contribution is -2.54. The van der Waals surface area contributed by atoms with Crippen LogP contribution < -0.4 is 5.32 Å². The van der Waals surface area contributed by atoms with Crippen LogP contribution in [0.4, 0.5) is 0 Å². The zero-order chi connectivity index (χ0) is 13.0. The van der Waals surface area contributed by atoms with E-state index in [1.807, 2.05) is 4.90 Å². The minimum absolute atomic E-state index is 0.0260. The number of hydrogen-bond donors (Lipinski definition) is 1. The number of rotatable bonds is 5. The molecule has 1 heterocycles. The van der Waals surface area contributed by atoms with Crippen LogP contribution in [0.25, 0.3) is 0 Å². The molecular weight excluding hydrogens is 214 g/mol. The number of likely N-dealkylation sites (N-methyl/N-ethyl adjacent to an activating group) is 1. The molecule has 1 aliphatic rings. The van der Waals surface area contributed by atoms with Gasteiger partial charge in [0.1, 0.15) is 0 Å². The van der Waals surface area contributed by atoms with Crippen molar-refractivity contribution in [2.75, 3.05) is 27.2 Å². The van der Waals surface area contributed by atoms with Crippen LogP contribution in [-0.2, 0) is 4.79 Å². The summed E-state index contributed by atoms with van der Waals surface area (Å²) >= 11 is 0. The summed E-state index contributed by atoms with van der Waals surface area (Å²) in [6.45, 7) is 8.09. The second-order valence-electron chi connectivity index (χ2n) is 5.61. The number of nitrogens with one attached hydrogen (secondary N) is 1. The molecule has 0 spiro atoms. The van der Waals surface area contributed by atoms with Crippen molar-refractivity contribution in [1.82, 2.24) is 15.1 Å². The molecule has 17 heavy (non-hydrogen) atoms. The van der Waals surface area contributed by atoms with E-state index in [4.69, 9.17) is 0 Å². The van der Waals surface area contributed by atoms with E-state index in [1.54, 1.807) is 0 Å². The maximum Gasteiger partial charge on any atom is 0.239 e. The largest absolute Gasteiger partial charge is 0.340 e. The summed E-state index contributed by atoms with van der Waals surface area (Å²) in [6, 6.07) is 0.810. The van der Waals surface area contributed by atoms with E-state index in [2.05, 4.69) is 45.1 Å². The Kier molecular flexibility index (Phi) is 5.40. The number of likely N-dealkylation sites (tertiary alicyclic amines) is 1. The summed E-state index contributed by atoms with van der Waals surface area (Å²) in [6.07, 6.45) is 2.08. The first-order chi connectivity index (χ1) is 7.91. The van der Waals surface area contributed by atoms with Gasteiger partial charge in [-0.3, -0.25) is 4.79 Å². The van der Waals surface area contributed by atoms with Gasteiger partial charge in [-0.05, 0) is 33.9 Å². The van der Waals surface area contributed by atoms with Crippen molar-refractivity contribution in [2.24, 2.45) is 0 Å². The lowest BCUT2D eigenvalue weighted by atomic mass is 10.0. The molecule has 1 N–H and O–H groups in total. The van der Waals surface area contributed by atoms with Gasteiger partial charge in [-0.25, -0.2) is 0 Å². The molecule has 1 amide bonds. The van der Waals surface area contributed by atoms with E-state index < -0.39 is 0 Å². The number of carbonyl (C=O) groups excluding carboxylic acids is 1. The normalized spacial score (nSPS) is 23.6. The summed E-state index contributed by atoms with van der Waals surface area (Å²) < 4.78 is 0. The molecule has 1 rings (SSSR count). The Labute approximate surface area is 105 Å². The number of carbonyl (C=O) groups is 1. The molecule has 1 fully saturated rings. The fourth-order valence-corrected chi connectivity index (χ4v) is 2.16. The highest BCUT2D eigenvalue weighted by molar-refractivity contribution is 5.82. The summed E-state index contributed by atoms with van der Waals surface area (Å²) in [4.78, 5) is 16.4. The molecule has 1 aliphatic heterocycles. The average molecular weight is 241 g/mol. The van der Waals surface area contributed by atoms with Crippen molar-refractivity contribution in [2.45, 2.75) is 51.7 Å². The molecule has 0 bridgehead atoms. The topological polar surface area (TPSA) is 35.6 Å². The second-order valence-corrected chi connectivity index (χ2v) is 5.61. The summed E-state index contributed by atoms with van der Waals surface area (Å²) in [7, 11) is 4.12. The highest BCUT2D eigenvalue weighted by Gasteiger charge is 2.29. The van der Waals surface area contributed by atoms with Crippen molar-refractivity contribution in [3.8, 4) is 0 Å². The fraction of sp³-hybridized carbons (Fsp3) is 0.923. The smallest absolute Gasteiger partial charge is 0.239 e. The van der Waals surface area contributed by atoms with E-state index in [0.717, 1.165) is 25.9 Å². The van der Waals surface area contributed by atoms with Gasteiger partial charge in [-0.1, -0.05) is 13.8 Å². The zero-order valence-corrected chi connectivity index (χ0v) is 11.9. The Balaban J connectivity index is 2.53. The van der Waals surface area contributed by atoms with Gasteiger partial charge in [0.05, 0.1) is 6.04 Å². The van der Waals surface area contributed by atoms with Gasteiger partial charge in [-0.15, -0.1) is 0 Å². The van der Waals surface area contributed by atoms with Crippen LogP contribution >= 0.6 is 0 Å². The van der Waals surface area contributed by atoms with Crippen molar-refractivity contribution >= 4 is 5.91 Å². The molecule has 4 nitrogen and oxygen atoms in total. The molecule has 0 aromatic rings. The second kappa shape index (κ2) is 6.36. The molecule has 100 valence electrons. The van der Waals surface area contributed by atoms with Crippen LogP contribution in [0.2, 0.25) is 0 Å². The van der Waals surface area contributed by atoms with Gasteiger partial charge in [0, 0.05) is 25.2 Å². The van der Waals surface area contributed by atoms with Crippen LogP contribution in [0.1, 0.15) is 33.6 Å². The van der Waals surface area contributed by atoms with Crippen molar-refractivity contribution < 1.29 is 4.79 Å². The molecule has 0 saturated carbocycles. The molecule has 4 heteroatoms. The highest BCUT2D eigenvalue weighted by Crippen LogP contribution is 2.13. The van der Waals surface area contributed by atoms with Crippen LogP contribution in [0.5, 0.6) is 0 Å². The number of piperidine rings is 1. The van der Waals surface area contributed by atoms with E-state index in [-0.39, 0.29) is 11.9 Å². The third-order valence-corrected chi connectivity index (χ3v) is 3.43. The van der Waals surface area contributed by atoms with Gasteiger partial charge in [0.25, 0.3) is 0 Å². The Hall–Kier alpha value is -0.610. The van der Waals surface area contributed by atoms with Crippen LogP contribution in [-0.4, -0.2) is 61.0 Å². The lowest BCUT2D eigenvalue weighted by molar-refractivity contribution is -0.136. The Bertz CT molecular complexity index is 253. The lowest BCUT2D eigenvalue weighted by Gasteiger charge is -2.36. The van der Waals surface area contributed by atoms with Crippen molar-refractivity contribution in [3.63, 3.8) is 0 Å². The number of amides is 1. The van der Waals surface area contributed by atoms with Crippen LogP contribution in [0.15, 0.2) is 0 Å². The molecular formula is C13H27N3O. The average Bonchev–Trinajstić information content (AvgIpc) is 2.23. The maximum absolute atomic E-state index is 12.3. The van der Waals surface area contributed by atoms with E-state index in [0.29, 0.717) is 12.1 Å². The molecule has 0 aromatic carbocycles. The van der Waals surface area contributed by atoms with Crippen molar-refractivity contribution in [1.29, 1.82) is 0 Å². The molecule has 2 unspecified atom stereocenters. The van der Waals surface area contributed by atoms with Gasteiger partial charge < -0.3 is 15.1 Å². The Morgan fingerprint density at radius 3 is 2.59 bits per heavy atom. The molecule has 2 atom stereocenters. The van der Waals surface area contributed by atoms with Gasteiger partial charge in [0.2, 0.25) is 5.91 Å². The predicted molar refractivity (Wildman–Crippen MR) is 71.0 cm³/mol. The highest BCUT2D eigenvalue weighted by atomic mass is 16.2. The monoisotopic (exact) mass is 241 g/mol. The fourth-order valence-electron chi connectivity index (χ4n) is 2.16. The molecule has 0 aliphatic carbocycles. The van der Waals surface area contributed by atoms with E-state index >= 15 is 0 Å². The molecule has 0 aromatic heterocycles. The minimum Gasteiger partial charge on any atom is -0.340 e. The summed E-state index contributed by atoms with van der Waals surface area (Å²) in [5.41, 5.74) is 0. The Morgan fingerprint density at radius 1 is 1.41 bits per heavy atom. The third-order valence-electron chi connectivity index (χ3n) is 3.43. The van der Waals surface area contributed by atoms with E-state index in [9.17, 15) is 4.79 Å². The first kappa shape index (κ1) is 14.5. The van der Waals surface area contributed by atoms with Crippen LogP contribution in [0, 0.1) is 0 Å². The first-order valence-electron chi connectivity index (χ1n) is 6.63. The first-order valence-corrected chi connectivity index (χ1v) is 6.63. The van der Waals surface area contributed by atoms with Gasteiger partial charge in [0.15, 0.2) is 0 Å². The van der Waals surface area contributed by atoms with Crippen LogP contribution in [0.3, 0.4) is 0 Å². The molecule has 0 radical (unpaired) electrons. The minimum atomic E-state index is 0.0260. The number of hydrogen-bond acceptors (Lipinski definition) is 3. The summed E-state index contributed by atoms with van der Waals surface area (Å²) in [5.74, 6) is 0.277. The predicted octanol–water partition coefficient (Wildman–Crippen LogP) is 0.925. The zero-order valence-electron chi connectivity index (χ0n) is 11.9. The molecule has 1 saturated heterocycles. The Morgan fingerprint density at radius 2 is 2.06 bits per heavy atom. The summed E-state index contributed by atoms with van der Waals surface area (Å²) in [5, 5.41) is 3.36. The van der Waals surface area contributed by atoms with Gasteiger partial charge in [-0.2, -0.15) is 0 Å². The standard InChI is InChI=1S/C13H27N3O/c1-10(2)14-12-7-6-8-16(13(12)17)9-11(3)15(4)5/h10-12,14H,6-9H2,1-5H3. The quantitative estimate of drug-likeness (QED) is 0.777. The maximum atomic E-state index is 12.3. The third kappa shape index (κ3) is 4.28. The SMILES string of the molecule is CC(C)NC1CCCN(CC(C)N(C)C)C1=O. The van der Waals surface area contributed by atoms with Gasteiger partial charge >= 0.3 is 0 Å². The number of nitrogens with zero attached hydrogens (tertiary/aromatic N) is 2. The van der Waals surface area contributed by atoms with Crippen molar-refractivity contribution in [3.05, 3.63) is 0 Å².